The van der Waals surface area contributed by atoms with Gasteiger partial charge in [0.05, 0.1) is 6.04 Å². The van der Waals surface area contributed by atoms with Crippen LogP contribution in [0.4, 0.5) is 5.69 Å². The second kappa shape index (κ2) is 8.81. The highest BCUT2D eigenvalue weighted by Gasteiger charge is 2.13. The van der Waals surface area contributed by atoms with Crippen molar-refractivity contribution in [3.8, 4) is 0 Å². The molecule has 136 valence electrons. The summed E-state index contributed by atoms with van der Waals surface area (Å²) in [7, 11) is 0. The molecule has 0 aliphatic carbocycles. The van der Waals surface area contributed by atoms with Gasteiger partial charge in [0.15, 0.2) is 0 Å². The molecule has 4 nitrogen and oxygen atoms in total. The number of carbonyl (C=O) groups excluding carboxylic acids is 2. The summed E-state index contributed by atoms with van der Waals surface area (Å²) in [6, 6.07) is 23.9. The van der Waals surface area contributed by atoms with Crippen LogP contribution in [0.3, 0.4) is 0 Å². The molecule has 0 fully saturated rings. The van der Waals surface area contributed by atoms with Crippen molar-refractivity contribution in [1.82, 2.24) is 5.32 Å². The van der Waals surface area contributed by atoms with Gasteiger partial charge in [-0.1, -0.05) is 42.5 Å². The third kappa shape index (κ3) is 5.17. The Morgan fingerprint density at radius 2 is 1.48 bits per heavy atom. The van der Waals surface area contributed by atoms with Gasteiger partial charge in [-0.05, 0) is 71.5 Å². The zero-order chi connectivity index (χ0) is 19.2. The first kappa shape index (κ1) is 19.1. The number of rotatable bonds is 5. The van der Waals surface area contributed by atoms with E-state index in [-0.39, 0.29) is 17.9 Å². The van der Waals surface area contributed by atoms with E-state index in [0.29, 0.717) is 16.8 Å². The average Bonchev–Trinajstić information content (AvgIpc) is 2.68. The second-order valence-corrected chi connectivity index (χ2v) is 7.40. The molecule has 0 aromatic heterocycles. The quantitative estimate of drug-likeness (QED) is 0.514. The van der Waals surface area contributed by atoms with Crippen LogP contribution >= 0.6 is 22.6 Å². The van der Waals surface area contributed by atoms with Gasteiger partial charge in [0.2, 0.25) is 0 Å². The van der Waals surface area contributed by atoms with Crippen LogP contribution in [-0.2, 0) is 0 Å². The molecule has 3 rings (SSSR count). The third-order valence-electron chi connectivity index (χ3n) is 4.12. The molecule has 0 saturated carbocycles. The molecule has 0 spiro atoms. The average molecular weight is 470 g/mol. The first-order valence-electron chi connectivity index (χ1n) is 8.56. The van der Waals surface area contributed by atoms with Crippen LogP contribution in [0.2, 0.25) is 0 Å². The lowest BCUT2D eigenvalue weighted by molar-refractivity contribution is 0.0938. The zero-order valence-electron chi connectivity index (χ0n) is 14.8. The predicted molar refractivity (Wildman–Crippen MR) is 116 cm³/mol. The largest absolute Gasteiger partial charge is 0.346 e. The SMILES string of the molecule is CC(NC(=O)c1cccc(NC(=O)c2cccc(I)c2)c1)c1ccccc1. The first-order valence-corrected chi connectivity index (χ1v) is 9.63. The van der Waals surface area contributed by atoms with Crippen molar-refractivity contribution in [2.45, 2.75) is 13.0 Å². The van der Waals surface area contributed by atoms with Crippen LogP contribution in [-0.4, -0.2) is 11.8 Å². The van der Waals surface area contributed by atoms with Crippen LogP contribution in [0.15, 0.2) is 78.9 Å². The molecule has 0 saturated heterocycles. The van der Waals surface area contributed by atoms with Crippen molar-refractivity contribution in [3.05, 3.63) is 99.1 Å². The van der Waals surface area contributed by atoms with Gasteiger partial charge >= 0.3 is 0 Å². The number of hydrogen-bond donors (Lipinski definition) is 2. The molecule has 3 aromatic carbocycles. The van der Waals surface area contributed by atoms with E-state index < -0.39 is 0 Å². The number of benzene rings is 3. The molecular weight excluding hydrogens is 451 g/mol. The minimum atomic E-state index is -0.205. The van der Waals surface area contributed by atoms with Crippen LogP contribution in [0.5, 0.6) is 0 Å². The zero-order valence-corrected chi connectivity index (χ0v) is 16.9. The lowest BCUT2D eigenvalue weighted by atomic mass is 10.1. The van der Waals surface area contributed by atoms with Crippen molar-refractivity contribution in [3.63, 3.8) is 0 Å². The Kier molecular flexibility index (Phi) is 6.24. The van der Waals surface area contributed by atoms with Crippen LogP contribution in [0.25, 0.3) is 0 Å². The molecule has 0 aliphatic heterocycles. The maximum Gasteiger partial charge on any atom is 0.255 e. The Morgan fingerprint density at radius 1 is 0.815 bits per heavy atom. The number of nitrogens with one attached hydrogen (secondary N) is 2. The Morgan fingerprint density at radius 3 is 2.19 bits per heavy atom. The lowest BCUT2D eigenvalue weighted by Crippen LogP contribution is -2.26. The molecule has 0 heterocycles. The Hall–Kier alpha value is -2.67. The number of hydrogen-bond acceptors (Lipinski definition) is 2. The van der Waals surface area contributed by atoms with Crippen LogP contribution < -0.4 is 10.6 Å². The van der Waals surface area contributed by atoms with E-state index in [1.54, 1.807) is 30.3 Å². The Labute approximate surface area is 172 Å². The first-order chi connectivity index (χ1) is 13.0. The summed E-state index contributed by atoms with van der Waals surface area (Å²) in [5.74, 6) is -0.388. The number of halogens is 1. The van der Waals surface area contributed by atoms with Gasteiger partial charge in [-0.15, -0.1) is 0 Å². The van der Waals surface area contributed by atoms with Crippen molar-refractivity contribution >= 4 is 40.1 Å². The fourth-order valence-electron chi connectivity index (χ4n) is 2.68. The molecule has 0 bridgehead atoms. The van der Waals surface area contributed by atoms with E-state index in [1.807, 2.05) is 55.5 Å². The number of anilines is 1. The fourth-order valence-corrected chi connectivity index (χ4v) is 3.22. The molecule has 0 radical (unpaired) electrons. The van der Waals surface area contributed by atoms with Gasteiger partial charge in [0.25, 0.3) is 11.8 Å². The van der Waals surface area contributed by atoms with Gasteiger partial charge < -0.3 is 10.6 Å². The highest BCUT2D eigenvalue weighted by molar-refractivity contribution is 14.1. The predicted octanol–water partition coefficient (Wildman–Crippen LogP) is 5.03. The maximum absolute atomic E-state index is 12.6. The van der Waals surface area contributed by atoms with Crippen molar-refractivity contribution in [2.24, 2.45) is 0 Å². The fraction of sp³-hybridized carbons (Fsp3) is 0.0909. The minimum Gasteiger partial charge on any atom is -0.346 e. The molecule has 0 aliphatic rings. The minimum absolute atomic E-state index is 0.108. The van der Waals surface area contributed by atoms with Crippen molar-refractivity contribution in [2.75, 3.05) is 5.32 Å². The number of amides is 2. The van der Waals surface area contributed by atoms with Gasteiger partial charge in [0.1, 0.15) is 0 Å². The van der Waals surface area contributed by atoms with Gasteiger partial charge in [-0.3, -0.25) is 9.59 Å². The second-order valence-electron chi connectivity index (χ2n) is 6.15. The van der Waals surface area contributed by atoms with E-state index in [9.17, 15) is 9.59 Å². The molecule has 27 heavy (non-hydrogen) atoms. The molecule has 3 aromatic rings. The summed E-state index contributed by atoms with van der Waals surface area (Å²) < 4.78 is 0.989. The maximum atomic E-state index is 12.6. The Balaban J connectivity index is 1.69. The summed E-state index contributed by atoms with van der Waals surface area (Å²) in [5.41, 5.74) is 2.69. The smallest absolute Gasteiger partial charge is 0.255 e. The molecule has 5 heteroatoms. The van der Waals surface area contributed by atoms with E-state index in [0.717, 1.165) is 9.13 Å². The molecule has 2 amide bonds. The van der Waals surface area contributed by atoms with Crippen molar-refractivity contribution < 1.29 is 9.59 Å². The van der Waals surface area contributed by atoms with E-state index >= 15 is 0 Å². The van der Waals surface area contributed by atoms with Gasteiger partial charge in [-0.25, -0.2) is 0 Å². The molecular formula is C22H19IN2O2. The topological polar surface area (TPSA) is 58.2 Å². The summed E-state index contributed by atoms with van der Waals surface area (Å²) in [5, 5.41) is 5.82. The molecule has 1 unspecified atom stereocenters. The van der Waals surface area contributed by atoms with Crippen molar-refractivity contribution in [1.29, 1.82) is 0 Å². The summed E-state index contributed by atoms with van der Waals surface area (Å²) >= 11 is 2.17. The number of carbonyl (C=O) groups is 2. The lowest BCUT2D eigenvalue weighted by Gasteiger charge is -2.15. The third-order valence-corrected chi connectivity index (χ3v) is 4.79. The van der Waals surface area contributed by atoms with Gasteiger partial charge in [-0.2, -0.15) is 0 Å². The summed E-state index contributed by atoms with van der Waals surface area (Å²) in [6.45, 7) is 1.94. The van der Waals surface area contributed by atoms with E-state index in [2.05, 4.69) is 33.2 Å². The van der Waals surface area contributed by atoms with Gasteiger partial charge in [0, 0.05) is 20.4 Å². The highest BCUT2D eigenvalue weighted by Crippen LogP contribution is 2.16. The molecule has 1 atom stereocenters. The Bertz CT molecular complexity index is 957. The summed E-state index contributed by atoms with van der Waals surface area (Å²) in [4.78, 5) is 25.0. The van der Waals surface area contributed by atoms with Crippen LogP contribution in [0.1, 0.15) is 39.2 Å². The normalized spacial score (nSPS) is 11.5. The van der Waals surface area contributed by atoms with Crippen LogP contribution in [0, 0.1) is 3.57 Å². The van der Waals surface area contributed by atoms with E-state index in [1.165, 1.54) is 0 Å². The molecule has 2 N–H and O–H groups in total. The highest BCUT2D eigenvalue weighted by atomic mass is 127. The standard InChI is InChI=1S/C22H19IN2O2/c1-15(16-7-3-2-4-8-16)24-21(26)18-10-6-12-20(14-18)25-22(27)17-9-5-11-19(23)13-17/h2-15H,1H3,(H,24,26)(H,25,27). The monoisotopic (exact) mass is 470 g/mol. The summed E-state index contributed by atoms with van der Waals surface area (Å²) in [6.07, 6.45) is 0. The van der Waals surface area contributed by atoms with E-state index in [4.69, 9.17) is 0 Å².